The highest BCUT2D eigenvalue weighted by Crippen LogP contribution is 2.21. The molecule has 3 heteroatoms. The lowest BCUT2D eigenvalue weighted by molar-refractivity contribution is -0.188. The van der Waals surface area contributed by atoms with Gasteiger partial charge in [-0.2, -0.15) is 0 Å². The highest BCUT2D eigenvalue weighted by molar-refractivity contribution is 4.66. The fraction of sp³-hybridized carbons (Fsp3) is 1.00. The molecule has 0 aromatic carbocycles. The lowest BCUT2D eigenvalue weighted by Gasteiger charge is -2.25. The third kappa shape index (κ3) is 3.09. The van der Waals surface area contributed by atoms with E-state index in [0.717, 1.165) is 12.8 Å². The van der Waals surface area contributed by atoms with Crippen molar-refractivity contribution >= 4 is 0 Å². The van der Waals surface area contributed by atoms with Gasteiger partial charge in [0, 0.05) is 0 Å². The second kappa shape index (κ2) is 4.80. The summed E-state index contributed by atoms with van der Waals surface area (Å²) in [4.78, 5) is 0. The summed E-state index contributed by atoms with van der Waals surface area (Å²) in [6.45, 7) is 1.54. The number of aliphatic hydroxyl groups is 2. The lowest BCUT2D eigenvalue weighted by Crippen LogP contribution is -2.31. The third-order valence-corrected chi connectivity index (χ3v) is 2.30. The van der Waals surface area contributed by atoms with Crippen molar-refractivity contribution in [3.05, 3.63) is 0 Å². The van der Waals surface area contributed by atoms with Crippen LogP contribution in [0.15, 0.2) is 0 Å². The number of rotatable bonds is 3. The van der Waals surface area contributed by atoms with Gasteiger partial charge in [-0.1, -0.05) is 19.3 Å². The van der Waals surface area contributed by atoms with Gasteiger partial charge in [0.2, 0.25) is 0 Å². The van der Waals surface area contributed by atoms with Crippen LogP contribution in [-0.4, -0.2) is 28.7 Å². The molecule has 0 aromatic rings. The molecule has 0 bridgehead atoms. The molecule has 12 heavy (non-hydrogen) atoms. The molecular weight excluding hydrogens is 156 g/mol. The topological polar surface area (TPSA) is 49.7 Å². The molecule has 0 saturated heterocycles. The van der Waals surface area contributed by atoms with Gasteiger partial charge < -0.3 is 14.9 Å². The zero-order valence-corrected chi connectivity index (χ0v) is 7.57. The summed E-state index contributed by atoms with van der Waals surface area (Å²) in [6, 6.07) is 0. The number of ether oxygens (including phenoxy) is 1. The van der Waals surface area contributed by atoms with Crippen LogP contribution < -0.4 is 0 Å². The van der Waals surface area contributed by atoms with Crippen molar-refractivity contribution in [3.63, 3.8) is 0 Å². The van der Waals surface area contributed by atoms with Gasteiger partial charge in [0.1, 0.15) is 6.10 Å². The number of hydrogen-bond acceptors (Lipinski definition) is 3. The first kappa shape index (κ1) is 9.96. The van der Waals surface area contributed by atoms with E-state index in [9.17, 15) is 5.11 Å². The van der Waals surface area contributed by atoms with E-state index in [1.807, 2.05) is 0 Å². The molecule has 2 unspecified atom stereocenters. The quantitative estimate of drug-likeness (QED) is 0.628. The van der Waals surface area contributed by atoms with Crippen molar-refractivity contribution in [1.29, 1.82) is 0 Å². The molecule has 1 rings (SSSR count). The van der Waals surface area contributed by atoms with Gasteiger partial charge in [-0.3, -0.25) is 0 Å². The van der Waals surface area contributed by atoms with E-state index in [0.29, 0.717) is 0 Å². The molecule has 0 aromatic heterocycles. The molecule has 0 aliphatic heterocycles. The van der Waals surface area contributed by atoms with Crippen LogP contribution in [0.5, 0.6) is 0 Å². The fourth-order valence-electron chi connectivity index (χ4n) is 1.51. The number of aliphatic hydroxyl groups excluding tert-OH is 2. The normalized spacial score (nSPS) is 25.2. The molecule has 2 atom stereocenters. The van der Waals surface area contributed by atoms with Crippen LogP contribution >= 0.6 is 0 Å². The van der Waals surface area contributed by atoms with Crippen LogP contribution in [-0.2, 0) is 4.74 Å². The second-order valence-corrected chi connectivity index (χ2v) is 3.53. The zero-order valence-electron chi connectivity index (χ0n) is 7.57. The molecular formula is C9H18O3. The van der Waals surface area contributed by atoms with Crippen LogP contribution in [0.2, 0.25) is 0 Å². The van der Waals surface area contributed by atoms with Gasteiger partial charge >= 0.3 is 0 Å². The van der Waals surface area contributed by atoms with Crippen molar-refractivity contribution in [2.24, 2.45) is 0 Å². The van der Waals surface area contributed by atoms with Crippen molar-refractivity contribution in [1.82, 2.24) is 0 Å². The summed E-state index contributed by atoms with van der Waals surface area (Å²) in [5, 5.41) is 18.2. The highest BCUT2D eigenvalue weighted by atomic mass is 16.6. The Hall–Kier alpha value is -0.120. The van der Waals surface area contributed by atoms with Gasteiger partial charge in [0.25, 0.3) is 0 Å². The van der Waals surface area contributed by atoms with Gasteiger partial charge in [0.05, 0.1) is 6.10 Å². The Morgan fingerprint density at radius 1 is 1.17 bits per heavy atom. The summed E-state index contributed by atoms with van der Waals surface area (Å²) >= 11 is 0. The summed E-state index contributed by atoms with van der Waals surface area (Å²) in [6.07, 6.45) is 4.02. The minimum Gasteiger partial charge on any atom is -0.388 e. The van der Waals surface area contributed by atoms with Crippen molar-refractivity contribution in [2.75, 3.05) is 0 Å². The van der Waals surface area contributed by atoms with E-state index in [1.54, 1.807) is 0 Å². The minimum absolute atomic E-state index is 0.156. The van der Waals surface area contributed by atoms with Gasteiger partial charge in [-0.15, -0.1) is 0 Å². The average Bonchev–Trinajstić information content (AvgIpc) is 2.06. The molecule has 2 N–H and O–H groups in total. The Morgan fingerprint density at radius 3 is 2.25 bits per heavy atom. The summed E-state index contributed by atoms with van der Waals surface area (Å²) in [5.74, 6) is 0. The molecule has 72 valence electrons. The van der Waals surface area contributed by atoms with E-state index in [2.05, 4.69) is 0 Å². The van der Waals surface area contributed by atoms with Crippen molar-refractivity contribution in [3.8, 4) is 0 Å². The summed E-state index contributed by atoms with van der Waals surface area (Å²) in [5.41, 5.74) is 0. The van der Waals surface area contributed by atoms with Crippen LogP contribution in [0.4, 0.5) is 0 Å². The minimum atomic E-state index is -1.01. The zero-order chi connectivity index (χ0) is 8.97. The Balaban J connectivity index is 2.20. The molecule has 0 radical (unpaired) electrons. The molecule has 1 aliphatic rings. The molecule has 0 heterocycles. The molecule has 0 amide bonds. The largest absolute Gasteiger partial charge is 0.388 e. The first-order valence-corrected chi connectivity index (χ1v) is 4.71. The first-order chi connectivity index (χ1) is 5.70. The van der Waals surface area contributed by atoms with Crippen molar-refractivity contribution < 1.29 is 14.9 Å². The smallest absolute Gasteiger partial charge is 0.180 e. The van der Waals surface area contributed by atoms with Gasteiger partial charge in [-0.25, -0.2) is 0 Å². The maximum absolute atomic E-state index is 9.21. The third-order valence-electron chi connectivity index (χ3n) is 2.30. The Bertz CT molecular complexity index is 119. The van der Waals surface area contributed by atoms with Gasteiger partial charge in [-0.05, 0) is 19.8 Å². The lowest BCUT2D eigenvalue weighted by atomic mass is 9.98. The standard InChI is InChI=1S/C9H18O3/c1-7(10)9(11)12-8-5-3-2-4-6-8/h7-11H,2-6H2,1H3. The second-order valence-electron chi connectivity index (χ2n) is 3.53. The highest BCUT2D eigenvalue weighted by Gasteiger charge is 2.19. The first-order valence-electron chi connectivity index (χ1n) is 4.71. The molecule has 3 nitrogen and oxygen atoms in total. The predicted molar refractivity (Wildman–Crippen MR) is 45.6 cm³/mol. The van der Waals surface area contributed by atoms with Gasteiger partial charge in [0.15, 0.2) is 6.29 Å². The summed E-state index contributed by atoms with van der Waals surface area (Å²) < 4.78 is 5.26. The molecule has 0 spiro atoms. The van der Waals surface area contributed by atoms with E-state index < -0.39 is 12.4 Å². The van der Waals surface area contributed by atoms with Crippen LogP contribution in [0, 0.1) is 0 Å². The monoisotopic (exact) mass is 174 g/mol. The van der Waals surface area contributed by atoms with Crippen LogP contribution in [0.25, 0.3) is 0 Å². The predicted octanol–water partition coefficient (Wildman–Crippen LogP) is 1.03. The van der Waals surface area contributed by atoms with E-state index in [1.165, 1.54) is 26.2 Å². The Morgan fingerprint density at radius 2 is 1.75 bits per heavy atom. The Kier molecular flexibility index (Phi) is 3.98. The van der Waals surface area contributed by atoms with E-state index >= 15 is 0 Å². The SMILES string of the molecule is CC(O)C(O)OC1CCCCC1. The average molecular weight is 174 g/mol. The maximum atomic E-state index is 9.21. The van der Waals surface area contributed by atoms with E-state index in [-0.39, 0.29) is 6.10 Å². The molecule has 1 aliphatic carbocycles. The maximum Gasteiger partial charge on any atom is 0.180 e. The Labute approximate surface area is 73.4 Å². The van der Waals surface area contributed by atoms with Crippen molar-refractivity contribution in [2.45, 2.75) is 57.5 Å². The molecule has 1 fully saturated rings. The van der Waals surface area contributed by atoms with Crippen LogP contribution in [0.1, 0.15) is 39.0 Å². The summed E-state index contributed by atoms with van der Waals surface area (Å²) in [7, 11) is 0. The number of hydrogen-bond donors (Lipinski definition) is 2. The molecule has 1 saturated carbocycles. The van der Waals surface area contributed by atoms with E-state index in [4.69, 9.17) is 9.84 Å². The fourth-order valence-corrected chi connectivity index (χ4v) is 1.51. The van der Waals surface area contributed by atoms with Crippen LogP contribution in [0.3, 0.4) is 0 Å².